The highest BCUT2D eigenvalue weighted by Gasteiger charge is 2.28. The average Bonchev–Trinajstić information content (AvgIpc) is 3.07. The van der Waals surface area contributed by atoms with Gasteiger partial charge in [0.1, 0.15) is 0 Å². The number of piperazine rings is 1. The standard InChI is InChI=1S/C17H27N3O/c21-14-16-12-18-17(15-6-2-1-3-7-15)13-20(16)11-10-19-8-4-5-9-19/h1-3,6-7,16-18,21H,4-5,8-14H2. The molecule has 2 aliphatic rings. The van der Waals surface area contributed by atoms with Crippen molar-refractivity contribution in [2.24, 2.45) is 0 Å². The lowest BCUT2D eigenvalue weighted by molar-refractivity contribution is 0.0728. The number of aliphatic hydroxyl groups excluding tert-OH is 1. The predicted octanol–water partition coefficient (Wildman–Crippen LogP) is 1.09. The van der Waals surface area contributed by atoms with Crippen LogP contribution in [0.2, 0.25) is 0 Å². The summed E-state index contributed by atoms with van der Waals surface area (Å²) in [5, 5.41) is 13.2. The second-order valence-electron chi connectivity index (χ2n) is 6.25. The molecule has 21 heavy (non-hydrogen) atoms. The van der Waals surface area contributed by atoms with Crippen LogP contribution in [0.5, 0.6) is 0 Å². The van der Waals surface area contributed by atoms with E-state index in [9.17, 15) is 5.11 Å². The number of aliphatic hydroxyl groups is 1. The fraction of sp³-hybridized carbons (Fsp3) is 0.647. The summed E-state index contributed by atoms with van der Waals surface area (Å²) in [4.78, 5) is 5.01. The first-order valence-electron chi connectivity index (χ1n) is 8.22. The minimum absolute atomic E-state index is 0.245. The Morgan fingerprint density at radius 2 is 1.86 bits per heavy atom. The lowest BCUT2D eigenvalue weighted by atomic mass is 10.0. The van der Waals surface area contributed by atoms with Gasteiger partial charge < -0.3 is 15.3 Å². The summed E-state index contributed by atoms with van der Waals surface area (Å²) < 4.78 is 0. The van der Waals surface area contributed by atoms with E-state index in [0.717, 1.165) is 26.2 Å². The van der Waals surface area contributed by atoms with E-state index in [4.69, 9.17) is 0 Å². The number of hydrogen-bond acceptors (Lipinski definition) is 4. The van der Waals surface area contributed by atoms with Crippen LogP contribution < -0.4 is 5.32 Å². The van der Waals surface area contributed by atoms with Crippen LogP contribution in [-0.4, -0.2) is 66.8 Å². The van der Waals surface area contributed by atoms with Crippen molar-refractivity contribution in [3.8, 4) is 0 Å². The molecule has 0 spiro atoms. The van der Waals surface area contributed by atoms with Crippen molar-refractivity contribution in [2.75, 3.05) is 45.9 Å². The van der Waals surface area contributed by atoms with E-state index < -0.39 is 0 Å². The Morgan fingerprint density at radius 3 is 2.57 bits per heavy atom. The zero-order valence-corrected chi connectivity index (χ0v) is 12.7. The second kappa shape index (κ2) is 7.36. The maximum Gasteiger partial charge on any atom is 0.0599 e. The quantitative estimate of drug-likeness (QED) is 0.851. The van der Waals surface area contributed by atoms with Crippen LogP contribution >= 0.6 is 0 Å². The van der Waals surface area contributed by atoms with E-state index in [1.54, 1.807) is 0 Å². The van der Waals surface area contributed by atoms with Crippen molar-refractivity contribution in [2.45, 2.75) is 24.9 Å². The van der Waals surface area contributed by atoms with E-state index in [1.807, 2.05) is 0 Å². The van der Waals surface area contributed by atoms with Crippen molar-refractivity contribution in [3.63, 3.8) is 0 Å². The minimum Gasteiger partial charge on any atom is -0.395 e. The first-order chi connectivity index (χ1) is 10.4. The van der Waals surface area contributed by atoms with Crippen LogP contribution in [0.25, 0.3) is 0 Å². The third-order valence-corrected chi connectivity index (χ3v) is 4.85. The molecular formula is C17H27N3O. The summed E-state index contributed by atoms with van der Waals surface area (Å²) in [6.45, 7) is 6.80. The summed E-state index contributed by atoms with van der Waals surface area (Å²) in [7, 11) is 0. The molecule has 0 saturated carbocycles. The van der Waals surface area contributed by atoms with Gasteiger partial charge in [0, 0.05) is 38.3 Å². The monoisotopic (exact) mass is 289 g/mol. The average molecular weight is 289 g/mol. The van der Waals surface area contributed by atoms with Gasteiger partial charge in [0.2, 0.25) is 0 Å². The zero-order valence-electron chi connectivity index (χ0n) is 12.7. The van der Waals surface area contributed by atoms with E-state index >= 15 is 0 Å². The molecule has 0 bridgehead atoms. The Bertz CT molecular complexity index is 419. The van der Waals surface area contributed by atoms with E-state index in [-0.39, 0.29) is 12.6 Å². The molecule has 2 aliphatic heterocycles. The molecular weight excluding hydrogens is 262 g/mol. The van der Waals surface area contributed by atoms with Gasteiger partial charge >= 0.3 is 0 Å². The van der Waals surface area contributed by atoms with Gasteiger partial charge in [-0.1, -0.05) is 30.3 Å². The molecule has 4 heteroatoms. The van der Waals surface area contributed by atoms with Crippen molar-refractivity contribution < 1.29 is 5.11 Å². The lowest BCUT2D eigenvalue weighted by Crippen LogP contribution is -2.55. The number of nitrogens with one attached hydrogen (secondary N) is 1. The molecule has 2 atom stereocenters. The largest absolute Gasteiger partial charge is 0.395 e. The summed E-state index contributed by atoms with van der Waals surface area (Å²) in [6, 6.07) is 11.3. The third-order valence-electron chi connectivity index (χ3n) is 4.85. The summed E-state index contributed by atoms with van der Waals surface area (Å²) >= 11 is 0. The first kappa shape index (κ1) is 15.0. The van der Waals surface area contributed by atoms with Gasteiger partial charge in [0.15, 0.2) is 0 Å². The molecule has 2 N–H and O–H groups in total. The van der Waals surface area contributed by atoms with Crippen molar-refractivity contribution in [1.29, 1.82) is 0 Å². The Hall–Kier alpha value is -0.940. The van der Waals surface area contributed by atoms with E-state index in [0.29, 0.717) is 6.04 Å². The van der Waals surface area contributed by atoms with Gasteiger partial charge in [-0.25, -0.2) is 0 Å². The molecule has 4 nitrogen and oxygen atoms in total. The smallest absolute Gasteiger partial charge is 0.0599 e. The molecule has 0 aromatic heterocycles. The topological polar surface area (TPSA) is 38.7 Å². The summed E-state index contributed by atoms with van der Waals surface area (Å²) in [5.41, 5.74) is 1.35. The van der Waals surface area contributed by atoms with Crippen LogP contribution in [0.1, 0.15) is 24.4 Å². The molecule has 1 aromatic rings. The van der Waals surface area contributed by atoms with Gasteiger partial charge in [0.25, 0.3) is 0 Å². The number of nitrogens with zero attached hydrogens (tertiary/aromatic N) is 2. The number of rotatable bonds is 5. The van der Waals surface area contributed by atoms with Crippen molar-refractivity contribution >= 4 is 0 Å². The molecule has 2 saturated heterocycles. The van der Waals surface area contributed by atoms with Gasteiger partial charge in [0.05, 0.1) is 6.61 Å². The Balaban J connectivity index is 1.58. The van der Waals surface area contributed by atoms with Crippen molar-refractivity contribution in [3.05, 3.63) is 35.9 Å². The highest BCUT2D eigenvalue weighted by molar-refractivity contribution is 5.20. The molecule has 2 heterocycles. The minimum atomic E-state index is 0.245. The van der Waals surface area contributed by atoms with Crippen LogP contribution in [-0.2, 0) is 0 Å². The highest BCUT2D eigenvalue weighted by atomic mass is 16.3. The zero-order chi connectivity index (χ0) is 14.5. The third kappa shape index (κ3) is 3.83. The van der Waals surface area contributed by atoms with E-state index in [1.165, 1.54) is 31.5 Å². The molecule has 2 unspecified atom stereocenters. The Labute approximate surface area is 127 Å². The Morgan fingerprint density at radius 1 is 1.10 bits per heavy atom. The first-order valence-corrected chi connectivity index (χ1v) is 8.22. The number of hydrogen-bond donors (Lipinski definition) is 2. The molecule has 0 aliphatic carbocycles. The number of likely N-dealkylation sites (tertiary alicyclic amines) is 1. The normalized spacial score (nSPS) is 28.0. The molecule has 3 rings (SSSR count). The Kier molecular flexibility index (Phi) is 5.25. The van der Waals surface area contributed by atoms with Crippen LogP contribution in [0.3, 0.4) is 0 Å². The summed E-state index contributed by atoms with van der Waals surface area (Å²) in [6.07, 6.45) is 2.69. The van der Waals surface area contributed by atoms with Gasteiger partial charge in [-0.2, -0.15) is 0 Å². The predicted molar refractivity (Wildman–Crippen MR) is 85.3 cm³/mol. The lowest BCUT2D eigenvalue weighted by Gasteiger charge is -2.40. The number of benzene rings is 1. The highest BCUT2D eigenvalue weighted by Crippen LogP contribution is 2.20. The molecule has 0 radical (unpaired) electrons. The molecule has 2 fully saturated rings. The van der Waals surface area contributed by atoms with Gasteiger partial charge in [-0.05, 0) is 31.5 Å². The summed E-state index contributed by atoms with van der Waals surface area (Å²) in [5.74, 6) is 0. The fourth-order valence-electron chi connectivity index (χ4n) is 3.49. The maximum atomic E-state index is 9.61. The van der Waals surface area contributed by atoms with Crippen LogP contribution in [0.15, 0.2) is 30.3 Å². The van der Waals surface area contributed by atoms with Gasteiger partial charge in [-0.3, -0.25) is 4.90 Å². The fourth-order valence-corrected chi connectivity index (χ4v) is 3.49. The maximum absolute atomic E-state index is 9.61. The molecule has 0 amide bonds. The van der Waals surface area contributed by atoms with Crippen LogP contribution in [0, 0.1) is 0 Å². The van der Waals surface area contributed by atoms with Gasteiger partial charge in [-0.15, -0.1) is 0 Å². The molecule has 116 valence electrons. The second-order valence-corrected chi connectivity index (χ2v) is 6.25. The van der Waals surface area contributed by atoms with Crippen LogP contribution in [0.4, 0.5) is 0 Å². The van der Waals surface area contributed by atoms with E-state index in [2.05, 4.69) is 45.4 Å². The SMILES string of the molecule is OCC1CNC(c2ccccc2)CN1CCN1CCCC1. The molecule has 1 aromatic carbocycles. The van der Waals surface area contributed by atoms with Crippen molar-refractivity contribution in [1.82, 2.24) is 15.1 Å².